The van der Waals surface area contributed by atoms with E-state index in [1.165, 1.54) is 32.4 Å². The highest BCUT2D eigenvalue weighted by atomic mass is 16.5. The number of aliphatic hydroxyl groups is 1. The fourth-order valence-electron chi connectivity index (χ4n) is 3.16. The molecule has 2 atom stereocenters. The molecule has 3 rings (SSSR count). The average molecular weight is 369 g/mol. The van der Waals surface area contributed by atoms with Gasteiger partial charge in [0.15, 0.2) is 17.3 Å². The third-order valence-electron chi connectivity index (χ3n) is 4.83. The summed E-state index contributed by atoms with van der Waals surface area (Å²) >= 11 is 0. The van der Waals surface area contributed by atoms with Gasteiger partial charge in [-0.15, -0.1) is 0 Å². The van der Waals surface area contributed by atoms with Gasteiger partial charge in [0.25, 0.3) is 0 Å². The maximum Gasteiger partial charge on any atom is 0.161 e. The van der Waals surface area contributed by atoms with Crippen LogP contribution >= 0.6 is 0 Å². The monoisotopic (exact) mass is 369 g/mol. The van der Waals surface area contributed by atoms with Gasteiger partial charge < -0.3 is 19.9 Å². The van der Waals surface area contributed by atoms with Crippen molar-refractivity contribution in [2.75, 3.05) is 20.3 Å². The lowest BCUT2D eigenvalue weighted by Gasteiger charge is -2.21. The Kier molecular flexibility index (Phi) is 6.48. The van der Waals surface area contributed by atoms with Gasteiger partial charge in [-0.05, 0) is 49.4 Å². The summed E-state index contributed by atoms with van der Waals surface area (Å²) < 4.78 is 11.0. The number of benzene rings is 2. The summed E-state index contributed by atoms with van der Waals surface area (Å²) in [6.07, 6.45) is 1.80. The second kappa shape index (κ2) is 9.02. The molecule has 0 radical (unpaired) electrons. The van der Waals surface area contributed by atoms with E-state index in [1.54, 1.807) is 18.2 Å². The predicted molar refractivity (Wildman–Crippen MR) is 104 cm³/mol. The van der Waals surface area contributed by atoms with Gasteiger partial charge in [-0.2, -0.15) is 0 Å². The SMILES string of the molecule is COc1cc(C(C)=O)ccc1OC[C@@H](O)CN[C@@H](c1ccccc1)C1CC1. The van der Waals surface area contributed by atoms with Crippen molar-refractivity contribution in [1.29, 1.82) is 0 Å². The van der Waals surface area contributed by atoms with Crippen molar-refractivity contribution in [3.8, 4) is 11.5 Å². The third-order valence-corrected chi connectivity index (χ3v) is 4.83. The van der Waals surface area contributed by atoms with Crippen LogP contribution in [0.15, 0.2) is 48.5 Å². The van der Waals surface area contributed by atoms with Crippen LogP contribution in [0.4, 0.5) is 0 Å². The first-order valence-electron chi connectivity index (χ1n) is 9.36. The lowest BCUT2D eigenvalue weighted by atomic mass is 10.0. The summed E-state index contributed by atoms with van der Waals surface area (Å²) in [6, 6.07) is 15.7. The number of hydrogen-bond donors (Lipinski definition) is 2. The number of carbonyl (C=O) groups is 1. The molecule has 0 amide bonds. The molecule has 0 unspecified atom stereocenters. The van der Waals surface area contributed by atoms with Crippen LogP contribution in [-0.4, -0.2) is 37.3 Å². The van der Waals surface area contributed by atoms with Crippen LogP contribution in [0.5, 0.6) is 11.5 Å². The van der Waals surface area contributed by atoms with Crippen LogP contribution in [0.1, 0.15) is 41.7 Å². The third kappa shape index (κ3) is 5.31. The Labute approximate surface area is 160 Å². The molecule has 0 spiro atoms. The number of methoxy groups -OCH3 is 1. The summed E-state index contributed by atoms with van der Waals surface area (Å²) in [6.45, 7) is 2.10. The van der Waals surface area contributed by atoms with Crippen LogP contribution in [0.3, 0.4) is 0 Å². The van der Waals surface area contributed by atoms with Gasteiger partial charge in [-0.25, -0.2) is 0 Å². The molecule has 1 fully saturated rings. The van der Waals surface area contributed by atoms with Crippen molar-refractivity contribution in [1.82, 2.24) is 5.32 Å². The molecule has 0 aliphatic heterocycles. The van der Waals surface area contributed by atoms with E-state index < -0.39 is 6.10 Å². The first-order chi connectivity index (χ1) is 13.1. The number of hydrogen-bond acceptors (Lipinski definition) is 5. The van der Waals surface area contributed by atoms with E-state index in [9.17, 15) is 9.90 Å². The highest BCUT2D eigenvalue weighted by molar-refractivity contribution is 5.94. The molecule has 0 aromatic heterocycles. The molecule has 1 saturated carbocycles. The number of carbonyl (C=O) groups excluding carboxylic acids is 1. The standard InChI is InChI=1S/C22H27NO4/c1-15(24)18-10-11-20(21(12-18)26-2)27-14-19(25)13-23-22(17-8-9-17)16-6-4-3-5-7-16/h3-7,10-12,17,19,22-23,25H,8-9,13-14H2,1-2H3/t19-,22-/m0/s1. The molecular weight excluding hydrogens is 342 g/mol. The summed E-state index contributed by atoms with van der Waals surface area (Å²) in [4.78, 5) is 11.5. The molecule has 144 valence electrons. The van der Waals surface area contributed by atoms with E-state index in [-0.39, 0.29) is 18.4 Å². The highest BCUT2D eigenvalue weighted by Crippen LogP contribution is 2.40. The maximum atomic E-state index is 11.5. The molecule has 2 aromatic rings. The molecule has 2 N–H and O–H groups in total. The zero-order chi connectivity index (χ0) is 19.2. The largest absolute Gasteiger partial charge is 0.493 e. The number of Topliss-reactive ketones (excluding diaryl/α,β-unsaturated/α-hetero) is 1. The van der Waals surface area contributed by atoms with E-state index in [1.807, 2.05) is 18.2 Å². The van der Waals surface area contributed by atoms with E-state index in [0.717, 1.165) is 0 Å². The van der Waals surface area contributed by atoms with Crippen LogP contribution in [0, 0.1) is 5.92 Å². The zero-order valence-corrected chi connectivity index (χ0v) is 15.9. The fraction of sp³-hybridized carbons (Fsp3) is 0.409. The van der Waals surface area contributed by atoms with Crippen molar-refractivity contribution in [2.45, 2.75) is 31.9 Å². The molecule has 0 bridgehead atoms. The number of aliphatic hydroxyl groups excluding tert-OH is 1. The molecule has 2 aromatic carbocycles. The Morgan fingerprint density at radius 3 is 2.56 bits per heavy atom. The Morgan fingerprint density at radius 1 is 1.19 bits per heavy atom. The first kappa shape index (κ1) is 19.4. The molecule has 0 heterocycles. The van der Waals surface area contributed by atoms with Crippen molar-refractivity contribution in [3.05, 3.63) is 59.7 Å². The van der Waals surface area contributed by atoms with Gasteiger partial charge in [0, 0.05) is 18.2 Å². The van der Waals surface area contributed by atoms with Gasteiger partial charge in [-0.1, -0.05) is 30.3 Å². The summed E-state index contributed by atoms with van der Waals surface area (Å²) in [5.74, 6) is 1.61. The van der Waals surface area contributed by atoms with Crippen LogP contribution < -0.4 is 14.8 Å². The van der Waals surface area contributed by atoms with Gasteiger partial charge in [0.2, 0.25) is 0 Å². The Morgan fingerprint density at radius 2 is 1.93 bits per heavy atom. The van der Waals surface area contributed by atoms with Crippen molar-refractivity contribution >= 4 is 5.78 Å². The minimum Gasteiger partial charge on any atom is -0.493 e. The second-order valence-electron chi connectivity index (χ2n) is 7.02. The summed E-state index contributed by atoms with van der Waals surface area (Å²) in [5, 5.41) is 13.8. The smallest absolute Gasteiger partial charge is 0.161 e. The average Bonchev–Trinajstić information content (AvgIpc) is 3.52. The zero-order valence-electron chi connectivity index (χ0n) is 15.9. The van der Waals surface area contributed by atoms with Crippen LogP contribution in [0.25, 0.3) is 0 Å². The number of rotatable bonds is 10. The number of ether oxygens (including phenoxy) is 2. The van der Waals surface area contributed by atoms with Gasteiger partial charge in [-0.3, -0.25) is 4.79 Å². The summed E-state index contributed by atoms with van der Waals surface area (Å²) in [7, 11) is 1.53. The molecule has 1 aliphatic rings. The van der Waals surface area contributed by atoms with Gasteiger partial charge in [0.1, 0.15) is 12.7 Å². The lowest BCUT2D eigenvalue weighted by molar-refractivity contribution is 0.0998. The maximum absolute atomic E-state index is 11.5. The minimum absolute atomic E-state index is 0.0314. The first-order valence-corrected chi connectivity index (χ1v) is 9.36. The Hall–Kier alpha value is -2.37. The lowest BCUT2D eigenvalue weighted by Crippen LogP contribution is -2.34. The fourth-order valence-corrected chi connectivity index (χ4v) is 3.16. The van der Waals surface area contributed by atoms with E-state index in [0.29, 0.717) is 29.5 Å². The van der Waals surface area contributed by atoms with Gasteiger partial charge in [0.05, 0.1) is 7.11 Å². The van der Waals surface area contributed by atoms with E-state index in [4.69, 9.17) is 9.47 Å². The van der Waals surface area contributed by atoms with E-state index >= 15 is 0 Å². The quantitative estimate of drug-likeness (QED) is 0.629. The normalized spacial score (nSPS) is 15.8. The number of nitrogens with one attached hydrogen (secondary N) is 1. The number of ketones is 1. The predicted octanol–water partition coefficient (Wildman–Crippen LogP) is 3.38. The van der Waals surface area contributed by atoms with Crippen molar-refractivity contribution in [3.63, 3.8) is 0 Å². The molecular formula is C22H27NO4. The van der Waals surface area contributed by atoms with Crippen LogP contribution in [0.2, 0.25) is 0 Å². The Bertz CT molecular complexity index is 758. The highest BCUT2D eigenvalue weighted by Gasteiger charge is 2.32. The van der Waals surface area contributed by atoms with Crippen molar-refractivity contribution in [2.24, 2.45) is 5.92 Å². The second-order valence-corrected chi connectivity index (χ2v) is 7.02. The molecule has 1 aliphatic carbocycles. The van der Waals surface area contributed by atoms with Crippen molar-refractivity contribution < 1.29 is 19.4 Å². The van der Waals surface area contributed by atoms with Gasteiger partial charge >= 0.3 is 0 Å². The molecule has 5 nitrogen and oxygen atoms in total. The topological polar surface area (TPSA) is 67.8 Å². The Balaban J connectivity index is 1.53. The summed E-state index contributed by atoms with van der Waals surface area (Å²) in [5.41, 5.74) is 1.83. The molecule has 5 heteroatoms. The minimum atomic E-state index is -0.646. The van der Waals surface area contributed by atoms with Crippen LogP contribution in [-0.2, 0) is 0 Å². The molecule has 27 heavy (non-hydrogen) atoms. The molecule has 0 saturated heterocycles. The van der Waals surface area contributed by atoms with E-state index in [2.05, 4.69) is 17.4 Å².